The second-order valence-corrected chi connectivity index (χ2v) is 4.39. The smallest absolute Gasteiger partial charge is 0.177 e. The van der Waals surface area contributed by atoms with Crippen LogP contribution in [0.3, 0.4) is 0 Å². The van der Waals surface area contributed by atoms with Gasteiger partial charge < -0.3 is 0 Å². The Morgan fingerprint density at radius 2 is 1.57 bits per heavy atom. The van der Waals surface area contributed by atoms with Crippen molar-refractivity contribution in [2.75, 3.05) is 0 Å². The van der Waals surface area contributed by atoms with Crippen LogP contribution in [0.5, 0.6) is 0 Å². The first-order valence-corrected chi connectivity index (χ1v) is 6.05. The maximum absolute atomic E-state index is 12.5. The van der Waals surface area contributed by atoms with Crippen molar-refractivity contribution in [2.24, 2.45) is 0 Å². The summed E-state index contributed by atoms with van der Waals surface area (Å²) >= 11 is 0. The lowest BCUT2D eigenvalue weighted by Gasteiger charge is -2.08. The molecule has 21 heavy (non-hydrogen) atoms. The van der Waals surface area contributed by atoms with E-state index in [9.17, 15) is 13.2 Å². The highest BCUT2D eigenvalue weighted by atomic mass is 19.4. The molecule has 2 aromatic carbocycles. The van der Waals surface area contributed by atoms with Crippen molar-refractivity contribution in [3.63, 3.8) is 0 Å². The Bertz CT molecular complexity index is 734. The van der Waals surface area contributed by atoms with Crippen molar-refractivity contribution in [3.05, 3.63) is 54.1 Å². The molecule has 0 saturated heterocycles. The first kappa shape index (κ1) is 13.3. The third-order valence-electron chi connectivity index (χ3n) is 3.01. The summed E-state index contributed by atoms with van der Waals surface area (Å²) in [7, 11) is 0. The van der Waals surface area contributed by atoms with Gasteiger partial charge in [-0.2, -0.15) is 18.4 Å². The van der Waals surface area contributed by atoms with Crippen LogP contribution in [0.1, 0.15) is 5.56 Å². The topological polar surface area (TPSA) is 54.5 Å². The highest BCUT2D eigenvalue weighted by Crippen LogP contribution is 2.31. The zero-order valence-electron chi connectivity index (χ0n) is 10.6. The molecule has 106 valence electrons. The zero-order valence-corrected chi connectivity index (χ0v) is 10.6. The number of rotatable bonds is 2. The highest BCUT2D eigenvalue weighted by molar-refractivity contribution is 5.70. The van der Waals surface area contributed by atoms with Gasteiger partial charge >= 0.3 is 6.18 Å². The minimum absolute atomic E-state index is 0.434. The summed E-state index contributed by atoms with van der Waals surface area (Å²) in [4.78, 5) is 0. The summed E-state index contributed by atoms with van der Waals surface area (Å²) in [5, 5.41) is 13.6. The number of tetrazole rings is 1. The second-order valence-electron chi connectivity index (χ2n) is 4.39. The summed E-state index contributed by atoms with van der Waals surface area (Å²) in [5.41, 5.74) is 1.54. The van der Waals surface area contributed by atoms with Crippen LogP contribution in [0.2, 0.25) is 0 Å². The fourth-order valence-electron chi connectivity index (χ4n) is 1.97. The van der Waals surface area contributed by atoms with Gasteiger partial charge in [0.15, 0.2) is 0 Å². The van der Waals surface area contributed by atoms with E-state index in [-0.39, 0.29) is 0 Å². The van der Waals surface area contributed by atoms with E-state index in [0.717, 1.165) is 23.3 Å². The number of halogens is 3. The molecule has 0 radical (unpaired) electrons. The number of nitrogens with zero attached hydrogens (tertiary/aromatic N) is 3. The molecular formula is C14H9F3N4. The largest absolute Gasteiger partial charge is 0.416 e. The molecule has 0 unspecified atom stereocenters. The van der Waals surface area contributed by atoms with Gasteiger partial charge in [0.2, 0.25) is 5.82 Å². The van der Waals surface area contributed by atoms with Gasteiger partial charge in [-0.05, 0) is 34.5 Å². The molecule has 0 aliphatic carbocycles. The van der Waals surface area contributed by atoms with Crippen LogP contribution in [0.15, 0.2) is 48.5 Å². The average molecular weight is 290 g/mol. The van der Waals surface area contributed by atoms with Gasteiger partial charge in [0, 0.05) is 5.56 Å². The van der Waals surface area contributed by atoms with E-state index < -0.39 is 11.7 Å². The first-order valence-electron chi connectivity index (χ1n) is 6.05. The van der Waals surface area contributed by atoms with Crippen LogP contribution in [0.25, 0.3) is 22.5 Å². The molecule has 1 aromatic heterocycles. The van der Waals surface area contributed by atoms with Gasteiger partial charge in [0.05, 0.1) is 5.56 Å². The number of nitrogens with one attached hydrogen (secondary N) is 1. The Balaban J connectivity index is 1.96. The fourth-order valence-corrected chi connectivity index (χ4v) is 1.97. The molecule has 0 aliphatic heterocycles. The second kappa shape index (κ2) is 5.01. The highest BCUT2D eigenvalue weighted by Gasteiger charge is 2.29. The van der Waals surface area contributed by atoms with Crippen molar-refractivity contribution >= 4 is 0 Å². The van der Waals surface area contributed by atoms with E-state index >= 15 is 0 Å². The third-order valence-corrected chi connectivity index (χ3v) is 3.01. The lowest BCUT2D eigenvalue weighted by Crippen LogP contribution is -2.03. The monoisotopic (exact) mass is 290 g/mol. The molecule has 0 fully saturated rings. The molecule has 7 heteroatoms. The van der Waals surface area contributed by atoms with Crippen molar-refractivity contribution in [3.8, 4) is 22.5 Å². The Labute approximate surface area is 117 Å². The van der Waals surface area contributed by atoms with Crippen LogP contribution in [-0.2, 0) is 6.18 Å². The summed E-state index contributed by atoms with van der Waals surface area (Å²) < 4.78 is 37.6. The zero-order chi connectivity index (χ0) is 14.9. The van der Waals surface area contributed by atoms with E-state index in [4.69, 9.17) is 0 Å². The summed E-state index contributed by atoms with van der Waals surface area (Å²) in [5.74, 6) is 0.434. The van der Waals surface area contributed by atoms with Gasteiger partial charge in [0.25, 0.3) is 0 Å². The van der Waals surface area contributed by atoms with E-state index in [2.05, 4.69) is 20.6 Å². The normalized spacial score (nSPS) is 11.6. The molecule has 1 N–H and O–H groups in total. The summed E-state index contributed by atoms with van der Waals surface area (Å²) in [6.45, 7) is 0. The summed E-state index contributed by atoms with van der Waals surface area (Å²) in [6, 6.07) is 12.2. The van der Waals surface area contributed by atoms with Crippen molar-refractivity contribution in [1.29, 1.82) is 0 Å². The number of hydrogen-bond acceptors (Lipinski definition) is 3. The molecule has 0 saturated carbocycles. The van der Waals surface area contributed by atoms with E-state index in [1.807, 2.05) is 6.07 Å². The lowest BCUT2D eigenvalue weighted by molar-refractivity contribution is -0.137. The molecule has 4 nitrogen and oxygen atoms in total. The number of alkyl halides is 3. The van der Waals surface area contributed by atoms with Gasteiger partial charge in [-0.3, -0.25) is 0 Å². The molecular weight excluding hydrogens is 281 g/mol. The number of aromatic amines is 1. The van der Waals surface area contributed by atoms with Crippen LogP contribution in [-0.4, -0.2) is 20.6 Å². The number of hydrogen-bond donors (Lipinski definition) is 1. The Hall–Kier alpha value is -2.70. The molecule has 0 amide bonds. The van der Waals surface area contributed by atoms with Gasteiger partial charge in [-0.1, -0.05) is 30.3 Å². The molecule has 0 spiro atoms. The maximum Gasteiger partial charge on any atom is 0.416 e. The Morgan fingerprint density at radius 1 is 0.857 bits per heavy atom. The number of H-pyrrole nitrogens is 1. The predicted molar refractivity (Wildman–Crippen MR) is 70.1 cm³/mol. The van der Waals surface area contributed by atoms with Crippen molar-refractivity contribution in [1.82, 2.24) is 20.6 Å². The van der Waals surface area contributed by atoms with Crippen LogP contribution < -0.4 is 0 Å². The van der Waals surface area contributed by atoms with Gasteiger partial charge in [0.1, 0.15) is 0 Å². The molecule has 3 aromatic rings. The average Bonchev–Trinajstić information content (AvgIpc) is 3.01. The molecule has 0 aliphatic rings. The van der Waals surface area contributed by atoms with Crippen LogP contribution in [0, 0.1) is 0 Å². The molecule has 1 heterocycles. The quantitative estimate of drug-likeness (QED) is 0.785. The minimum atomic E-state index is -4.33. The molecule has 3 rings (SSSR count). The number of aromatic nitrogens is 4. The van der Waals surface area contributed by atoms with Gasteiger partial charge in [-0.15, -0.1) is 10.2 Å². The molecule has 0 bridgehead atoms. The van der Waals surface area contributed by atoms with Gasteiger partial charge in [-0.25, -0.2) is 0 Å². The van der Waals surface area contributed by atoms with E-state index in [1.54, 1.807) is 18.2 Å². The summed E-state index contributed by atoms with van der Waals surface area (Å²) in [6.07, 6.45) is -4.33. The first-order chi connectivity index (χ1) is 10.0. The van der Waals surface area contributed by atoms with Crippen LogP contribution in [0.4, 0.5) is 13.2 Å². The van der Waals surface area contributed by atoms with Crippen molar-refractivity contribution < 1.29 is 13.2 Å². The number of benzene rings is 2. The third kappa shape index (κ3) is 2.76. The van der Waals surface area contributed by atoms with Crippen molar-refractivity contribution in [2.45, 2.75) is 6.18 Å². The standard InChI is InChI=1S/C14H9F3N4/c15-14(16,17)12-6-4-9(5-7-12)10-2-1-3-11(8-10)13-18-20-21-19-13/h1-8H,(H,18,19,20,21). The van der Waals surface area contributed by atoms with E-state index in [1.165, 1.54) is 12.1 Å². The SMILES string of the molecule is FC(F)(F)c1ccc(-c2cccc(-c3nn[nH]n3)c2)cc1. The fraction of sp³-hybridized carbons (Fsp3) is 0.0714. The van der Waals surface area contributed by atoms with E-state index in [0.29, 0.717) is 11.4 Å². The lowest BCUT2D eigenvalue weighted by atomic mass is 10.0. The Kier molecular flexibility index (Phi) is 3.17. The maximum atomic E-state index is 12.5. The predicted octanol–water partition coefficient (Wildman–Crippen LogP) is 3.55. The molecule has 0 atom stereocenters. The Morgan fingerprint density at radius 3 is 2.19 bits per heavy atom. The minimum Gasteiger partial charge on any atom is -0.177 e. The van der Waals surface area contributed by atoms with Crippen LogP contribution >= 0.6 is 0 Å².